The molecule has 1 N–H and O–H groups in total. The number of amides is 1. The Morgan fingerprint density at radius 2 is 1.80 bits per heavy atom. The van der Waals surface area contributed by atoms with Gasteiger partial charge in [-0.25, -0.2) is 0 Å². The monoisotopic (exact) mass is 378 g/mol. The molecule has 0 radical (unpaired) electrons. The molecule has 3 rings (SSSR count). The molecule has 0 aromatic heterocycles. The minimum atomic E-state index is -0.166. The molecule has 1 fully saturated rings. The molecule has 1 aliphatic heterocycles. The summed E-state index contributed by atoms with van der Waals surface area (Å²) in [7, 11) is 0. The van der Waals surface area contributed by atoms with E-state index in [0.29, 0.717) is 15.6 Å². The van der Waals surface area contributed by atoms with E-state index >= 15 is 0 Å². The van der Waals surface area contributed by atoms with Crippen LogP contribution in [0.25, 0.3) is 0 Å². The Morgan fingerprint density at radius 1 is 1.08 bits per heavy atom. The van der Waals surface area contributed by atoms with Gasteiger partial charge >= 0.3 is 0 Å². The van der Waals surface area contributed by atoms with Crippen molar-refractivity contribution in [1.82, 2.24) is 10.2 Å². The highest BCUT2D eigenvalue weighted by Crippen LogP contribution is 2.23. The summed E-state index contributed by atoms with van der Waals surface area (Å²) in [5.74, 6) is -0.166. The summed E-state index contributed by atoms with van der Waals surface area (Å²) >= 11 is 12.0. The average molecular weight is 379 g/mol. The van der Waals surface area contributed by atoms with Gasteiger partial charge in [-0.1, -0.05) is 53.5 Å². The van der Waals surface area contributed by atoms with E-state index in [4.69, 9.17) is 27.9 Å². The highest BCUT2D eigenvalue weighted by atomic mass is 35.5. The molecule has 132 valence electrons. The Balaban J connectivity index is 1.76. The molecule has 1 heterocycles. The van der Waals surface area contributed by atoms with Crippen LogP contribution in [-0.4, -0.2) is 43.7 Å². The molecule has 0 bridgehead atoms. The molecule has 1 aliphatic rings. The molecular weight excluding hydrogens is 359 g/mol. The predicted octanol–water partition coefficient (Wildman–Crippen LogP) is 3.80. The number of nitrogens with one attached hydrogen (secondary N) is 1. The van der Waals surface area contributed by atoms with Crippen molar-refractivity contribution in [2.45, 2.75) is 6.04 Å². The van der Waals surface area contributed by atoms with Gasteiger partial charge in [0.15, 0.2) is 0 Å². The Labute approximate surface area is 157 Å². The molecule has 0 aliphatic carbocycles. The number of hydrogen-bond acceptors (Lipinski definition) is 3. The summed E-state index contributed by atoms with van der Waals surface area (Å²) in [5.41, 5.74) is 1.57. The zero-order valence-corrected chi connectivity index (χ0v) is 15.3. The highest BCUT2D eigenvalue weighted by molar-refractivity contribution is 6.42. The zero-order valence-electron chi connectivity index (χ0n) is 13.8. The predicted molar refractivity (Wildman–Crippen MR) is 100 cm³/mol. The summed E-state index contributed by atoms with van der Waals surface area (Å²) in [4.78, 5) is 15.0. The molecule has 2 aromatic carbocycles. The number of ether oxygens (including phenoxy) is 1. The van der Waals surface area contributed by atoms with Gasteiger partial charge in [0.2, 0.25) is 0 Å². The third-order valence-electron chi connectivity index (χ3n) is 4.23. The normalized spacial score (nSPS) is 16.4. The van der Waals surface area contributed by atoms with Gasteiger partial charge in [0, 0.05) is 25.2 Å². The Bertz CT molecular complexity index is 719. The van der Waals surface area contributed by atoms with Crippen molar-refractivity contribution in [3.8, 4) is 0 Å². The molecule has 1 atom stereocenters. The van der Waals surface area contributed by atoms with Crippen LogP contribution in [0.1, 0.15) is 22.0 Å². The number of carbonyl (C=O) groups excluding carboxylic acids is 1. The van der Waals surface area contributed by atoms with Crippen LogP contribution in [0.3, 0.4) is 0 Å². The molecular formula is C19H20Cl2N2O2. The first-order chi connectivity index (χ1) is 12.1. The summed E-state index contributed by atoms with van der Waals surface area (Å²) in [6.45, 7) is 3.92. The van der Waals surface area contributed by atoms with E-state index in [9.17, 15) is 4.79 Å². The van der Waals surface area contributed by atoms with E-state index in [0.717, 1.165) is 38.4 Å². The maximum absolute atomic E-state index is 12.7. The lowest BCUT2D eigenvalue weighted by molar-refractivity contribution is 0.0332. The number of rotatable bonds is 5. The molecule has 1 amide bonds. The van der Waals surface area contributed by atoms with Gasteiger partial charge in [0.25, 0.3) is 5.91 Å². The lowest BCUT2D eigenvalue weighted by atomic mass is 10.1. The SMILES string of the molecule is O=C(N[C@H](CN1CCOCC1)c1ccccc1)c1ccc(Cl)c(Cl)c1. The number of morpholine rings is 1. The average Bonchev–Trinajstić information content (AvgIpc) is 2.65. The molecule has 1 saturated heterocycles. The fourth-order valence-corrected chi connectivity index (χ4v) is 3.14. The first-order valence-electron chi connectivity index (χ1n) is 8.24. The number of carbonyl (C=O) groups is 1. The van der Waals surface area contributed by atoms with E-state index in [1.807, 2.05) is 30.3 Å². The second-order valence-electron chi connectivity index (χ2n) is 5.98. The van der Waals surface area contributed by atoms with Gasteiger partial charge in [-0.2, -0.15) is 0 Å². The van der Waals surface area contributed by atoms with Crippen LogP contribution >= 0.6 is 23.2 Å². The number of nitrogens with zero attached hydrogens (tertiary/aromatic N) is 1. The smallest absolute Gasteiger partial charge is 0.251 e. The van der Waals surface area contributed by atoms with Crippen molar-refractivity contribution < 1.29 is 9.53 Å². The molecule has 25 heavy (non-hydrogen) atoms. The summed E-state index contributed by atoms with van der Waals surface area (Å²) in [5, 5.41) is 3.93. The molecule has 0 saturated carbocycles. The van der Waals surface area contributed by atoms with Crippen molar-refractivity contribution >= 4 is 29.1 Å². The third-order valence-corrected chi connectivity index (χ3v) is 4.97. The molecule has 2 aromatic rings. The van der Waals surface area contributed by atoms with Gasteiger partial charge in [-0.15, -0.1) is 0 Å². The Kier molecular flexibility index (Phi) is 6.32. The highest BCUT2D eigenvalue weighted by Gasteiger charge is 2.21. The molecule has 0 unspecified atom stereocenters. The molecule has 6 heteroatoms. The summed E-state index contributed by atoms with van der Waals surface area (Å²) < 4.78 is 5.41. The molecule has 0 spiro atoms. The maximum Gasteiger partial charge on any atom is 0.251 e. The van der Waals surface area contributed by atoms with Gasteiger partial charge in [-0.05, 0) is 23.8 Å². The van der Waals surface area contributed by atoms with Crippen molar-refractivity contribution in [3.05, 3.63) is 69.7 Å². The molecule has 4 nitrogen and oxygen atoms in total. The van der Waals surface area contributed by atoms with Crippen LogP contribution < -0.4 is 5.32 Å². The fraction of sp³-hybridized carbons (Fsp3) is 0.316. The van der Waals surface area contributed by atoms with Crippen LogP contribution in [0.4, 0.5) is 0 Å². The minimum absolute atomic E-state index is 0.110. The zero-order chi connectivity index (χ0) is 17.6. The van der Waals surface area contributed by atoms with Gasteiger partial charge in [0.1, 0.15) is 0 Å². The van der Waals surface area contributed by atoms with E-state index in [2.05, 4.69) is 10.2 Å². The van der Waals surface area contributed by atoms with Gasteiger partial charge < -0.3 is 10.1 Å². The standard InChI is InChI=1S/C19H20Cl2N2O2/c20-16-7-6-15(12-17(16)21)19(24)22-18(14-4-2-1-3-5-14)13-23-8-10-25-11-9-23/h1-7,12,18H,8-11,13H2,(H,22,24)/t18-/m1/s1. The number of hydrogen-bond donors (Lipinski definition) is 1. The fourth-order valence-electron chi connectivity index (χ4n) is 2.84. The lowest BCUT2D eigenvalue weighted by Gasteiger charge is -2.31. The van der Waals surface area contributed by atoms with Crippen LogP contribution in [-0.2, 0) is 4.74 Å². The van der Waals surface area contributed by atoms with Crippen LogP contribution in [0.2, 0.25) is 10.0 Å². The first-order valence-corrected chi connectivity index (χ1v) is 9.00. The van der Waals surface area contributed by atoms with Crippen molar-refractivity contribution in [2.75, 3.05) is 32.8 Å². The van der Waals surface area contributed by atoms with E-state index in [1.165, 1.54) is 0 Å². The van der Waals surface area contributed by atoms with Crippen LogP contribution in [0, 0.1) is 0 Å². The maximum atomic E-state index is 12.7. The van der Waals surface area contributed by atoms with Crippen molar-refractivity contribution in [2.24, 2.45) is 0 Å². The van der Waals surface area contributed by atoms with E-state index in [1.54, 1.807) is 18.2 Å². The van der Waals surface area contributed by atoms with Crippen molar-refractivity contribution in [3.63, 3.8) is 0 Å². The van der Waals surface area contributed by atoms with Gasteiger partial charge in [-0.3, -0.25) is 9.69 Å². The van der Waals surface area contributed by atoms with Crippen molar-refractivity contribution in [1.29, 1.82) is 0 Å². The Morgan fingerprint density at radius 3 is 2.48 bits per heavy atom. The Hall–Kier alpha value is -1.59. The topological polar surface area (TPSA) is 41.6 Å². The second-order valence-corrected chi connectivity index (χ2v) is 6.79. The number of benzene rings is 2. The lowest BCUT2D eigenvalue weighted by Crippen LogP contribution is -2.43. The van der Waals surface area contributed by atoms with Crippen LogP contribution in [0.15, 0.2) is 48.5 Å². The first kappa shape index (κ1) is 18.2. The van der Waals surface area contributed by atoms with Gasteiger partial charge in [0.05, 0.1) is 29.3 Å². The summed E-state index contributed by atoms with van der Waals surface area (Å²) in [6.07, 6.45) is 0. The largest absolute Gasteiger partial charge is 0.379 e. The third kappa shape index (κ3) is 4.95. The van der Waals surface area contributed by atoms with E-state index < -0.39 is 0 Å². The summed E-state index contributed by atoms with van der Waals surface area (Å²) in [6, 6.07) is 14.8. The minimum Gasteiger partial charge on any atom is -0.379 e. The van der Waals surface area contributed by atoms with E-state index in [-0.39, 0.29) is 11.9 Å². The second kappa shape index (κ2) is 8.68. The number of halogens is 2. The quantitative estimate of drug-likeness (QED) is 0.860. The van der Waals surface area contributed by atoms with Crippen LogP contribution in [0.5, 0.6) is 0 Å².